The zero-order valence-corrected chi connectivity index (χ0v) is 11.4. The molecular formula is C16H13N3O2. The van der Waals surface area contributed by atoms with Crippen LogP contribution >= 0.6 is 0 Å². The summed E-state index contributed by atoms with van der Waals surface area (Å²) in [7, 11) is 0. The molecule has 5 nitrogen and oxygen atoms in total. The van der Waals surface area contributed by atoms with Crippen LogP contribution in [0.25, 0.3) is 22.6 Å². The summed E-state index contributed by atoms with van der Waals surface area (Å²) in [6.45, 7) is 1.92. The van der Waals surface area contributed by atoms with Gasteiger partial charge in [-0.2, -0.15) is 4.98 Å². The molecule has 2 N–H and O–H groups in total. The highest BCUT2D eigenvalue weighted by atomic mass is 16.3. The molecule has 0 aliphatic heterocycles. The Balaban J connectivity index is 2.15. The van der Waals surface area contributed by atoms with Gasteiger partial charge >= 0.3 is 0 Å². The van der Waals surface area contributed by atoms with E-state index in [1.54, 1.807) is 36.5 Å². The summed E-state index contributed by atoms with van der Waals surface area (Å²) < 4.78 is 0. The monoisotopic (exact) mass is 279 g/mol. The van der Waals surface area contributed by atoms with Gasteiger partial charge in [-0.25, -0.2) is 0 Å². The fourth-order valence-electron chi connectivity index (χ4n) is 2.11. The molecule has 0 radical (unpaired) electrons. The number of H-pyrrole nitrogens is 1. The fourth-order valence-corrected chi connectivity index (χ4v) is 2.11. The molecule has 0 atom stereocenters. The molecule has 0 spiro atoms. The molecule has 5 heteroatoms. The van der Waals surface area contributed by atoms with Crippen molar-refractivity contribution in [3.05, 3.63) is 64.6 Å². The van der Waals surface area contributed by atoms with Crippen LogP contribution in [0.2, 0.25) is 0 Å². The van der Waals surface area contributed by atoms with Crippen molar-refractivity contribution >= 4 is 0 Å². The lowest BCUT2D eigenvalue weighted by Crippen LogP contribution is -2.12. The fraction of sp³-hybridized carbons (Fsp3) is 0.0625. The van der Waals surface area contributed by atoms with Crippen molar-refractivity contribution in [3.63, 3.8) is 0 Å². The van der Waals surface area contributed by atoms with Crippen LogP contribution in [0, 0.1) is 6.92 Å². The molecule has 2 aromatic heterocycles. The number of aromatic nitrogens is 3. The molecule has 0 amide bonds. The largest absolute Gasteiger partial charge is 0.493 e. The molecule has 3 aromatic rings. The lowest BCUT2D eigenvalue weighted by Gasteiger charge is -2.06. The first-order valence-corrected chi connectivity index (χ1v) is 6.47. The van der Waals surface area contributed by atoms with E-state index in [9.17, 15) is 9.90 Å². The molecule has 0 bridgehead atoms. The van der Waals surface area contributed by atoms with Gasteiger partial charge in [-0.05, 0) is 30.2 Å². The first kappa shape index (κ1) is 13.1. The second-order valence-electron chi connectivity index (χ2n) is 4.70. The van der Waals surface area contributed by atoms with Crippen LogP contribution in [0.5, 0.6) is 5.88 Å². The summed E-state index contributed by atoms with van der Waals surface area (Å²) in [4.78, 5) is 23.1. The van der Waals surface area contributed by atoms with Gasteiger partial charge in [0, 0.05) is 6.20 Å². The Bertz CT molecular complexity index is 842. The Morgan fingerprint density at radius 3 is 2.57 bits per heavy atom. The van der Waals surface area contributed by atoms with Gasteiger partial charge in [0.2, 0.25) is 5.88 Å². The van der Waals surface area contributed by atoms with E-state index in [1.807, 2.05) is 19.1 Å². The molecule has 0 aliphatic rings. The number of aromatic hydroxyl groups is 1. The van der Waals surface area contributed by atoms with E-state index in [0.29, 0.717) is 11.3 Å². The van der Waals surface area contributed by atoms with E-state index >= 15 is 0 Å². The normalized spacial score (nSPS) is 10.5. The smallest absolute Gasteiger partial charge is 0.262 e. The second-order valence-corrected chi connectivity index (χ2v) is 4.70. The number of aromatic amines is 1. The van der Waals surface area contributed by atoms with E-state index in [-0.39, 0.29) is 17.3 Å². The number of nitrogens with one attached hydrogen (secondary N) is 1. The van der Waals surface area contributed by atoms with Crippen LogP contribution in [-0.2, 0) is 0 Å². The number of benzene rings is 1. The van der Waals surface area contributed by atoms with Gasteiger partial charge in [0.15, 0.2) is 5.82 Å². The molecular weight excluding hydrogens is 266 g/mol. The van der Waals surface area contributed by atoms with Gasteiger partial charge in [0.25, 0.3) is 5.56 Å². The number of rotatable bonds is 2. The SMILES string of the molecule is Cc1ccnc(-c2nc(O)c(-c3ccccc3)c(=O)[nH]2)c1. The predicted molar refractivity (Wildman–Crippen MR) is 79.9 cm³/mol. The third-order valence-corrected chi connectivity index (χ3v) is 3.12. The van der Waals surface area contributed by atoms with Gasteiger partial charge < -0.3 is 10.1 Å². The highest BCUT2D eigenvalue weighted by molar-refractivity contribution is 5.68. The van der Waals surface area contributed by atoms with Crippen LogP contribution in [0.4, 0.5) is 0 Å². The first-order valence-electron chi connectivity index (χ1n) is 6.47. The van der Waals surface area contributed by atoms with E-state index in [4.69, 9.17) is 0 Å². The van der Waals surface area contributed by atoms with Gasteiger partial charge in [0.1, 0.15) is 11.3 Å². The zero-order chi connectivity index (χ0) is 14.8. The van der Waals surface area contributed by atoms with Crippen molar-refractivity contribution in [2.45, 2.75) is 6.92 Å². The van der Waals surface area contributed by atoms with Crippen molar-refractivity contribution in [3.8, 4) is 28.5 Å². The second kappa shape index (κ2) is 5.20. The van der Waals surface area contributed by atoms with E-state index in [2.05, 4.69) is 15.0 Å². The van der Waals surface area contributed by atoms with Crippen LogP contribution < -0.4 is 5.56 Å². The number of aryl methyl sites for hydroxylation is 1. The standard InChI is InChI=1S/C16H13N3O2/c1-10-7-8-17-12(9-10)14-18-15(20)13(16(21)19-14)11-5-3-2-4-6-11/h2-9H,1H3,(H2,18,19,20,21). The minimum absolute atomic E-state index is 0.159. The third-order valence-electron chi connectivity index (χ3n) is 3.12. The summed E-state index contributed by atoms with van der Waals surface area (Å²) in [6.07, 6.45) is 1.63. The zero-order valence-electron chi connectivity index (χ0n) is 11.4. The highest BCUT2D eigenvalue weighted by Gasteiger charge is 2.14. The molecule has 0 fully saturated rings. The Labute approximate surface area is 121 Å². The van der Waals surface area contributed by atoms with Crippen molar-refractivity contribution in [2.24, 2.45) is 0 Å². The first-order chi connectivity index (χ1) is 10.1. The van der Waals surface area contributed by atoms with Gasteiger partial charge in [0.05, 0.1) is 0 Å². The van der Waals surface area contributed by atoms with Crippen molar-refractivity contribution in [1.29, 1.82) is 0 Å². The lowest BCUT2D eigenvalue weighted by molar-refractivity contribution is 0.454. The Morgan fingerprint density at radius 2 is 1.90 bits per heavy atom. The summed E-state index contributed by atoms with van der Waals surface area (Å²) in [5.74, 6) is -0.0517. The molecule has 0 saturated heterocycles. The van der Waals surface area contributed by atoms with Crippen LogP contribution in [-0.4, -0.2) is 20.1 Å². The quantitative estimate of drug-likeness (QED) is 0.755. The molecule has 0 saturated carbocycles. The lowest BCUT2D eigenvalue weighted by atomic mass is 10.1. The predicted octanol–water partition coefficient (Wildman–Crippen LogP) is 2.51. The van der Waals surface area contributed by atoms with Crippen molar-refractivity contribution in [2.75, 3.05) is 0 Å². The number of nitrogens with zero attached hydrogens (tertiary/aromatic N) is 2. The maximum Gasteiger partial charge on any atom is 0.262 e. The summed E-state index contributed by atoms with van der Waals surface area (Å²) in [5.41, 5.74) is 1.89. The van der Waals surface area contributed by atoms with Crippen LogP contribution in [0.3, 0.4) is 0 Å². The van der Waals surface area contributed by atoms with E-state index in [0.717, 1.165) is 5.56 Å². The molecule has 0 aliphatic carbocycles. The summed E-state index contributed by atoms with van der Waals surface area (Å²) >= 11 is 0. The molecule has 104 valence electrons. The van der Waals surface area contributed by atoms with E-state index < -0.39 is 5.56 Å². The highest BCUT2D eigenvalue weighted by Crippen LogP contribution is 2.24. The molecule has 1 aromatic carbocycles. The van der Waals surface area contributed by atoms with Crippen LogP contribution in [0.15, 0.2) is 53.5 Å². The minimum atomic E-state index is -0.396. The van der Waals surface area contributed by atoms with Gasteiger partial charge in [-0.1, -0.05) is 30.3 Å². The van der Waals surface area contributed by atoms with Gasteiger partial charge in [-0.3, -0.25) is 9.78 Å². The Kier molecular flexibility index (Phi) is 3.23. The van der Waals surface area contributed by atoms with Crippen LogP contribution in [0.1, 0.15) is 5.56 Å². The maximum atomic E-state index is 12.2. The van der Waals surface area contributed by atoms with Gasteiger partial charge in [-0.15, -0.1) is 0 Å². The summed E-state index contributed by atoms with van der Waals surface area (Å²) in [5, 5.41) is 10.1. The summed E-state index contributed by atoms with van der Waals surface area (Å²) in [6, 6.07) is 12.6. The Hall–Kier alpha value is -2.95. The molecule has 21 heavy (non-hydrogen) atoms. The van der Waals surface area contributed by atoms with E-state index in [1.165, 1.54) is 0 Å². The average Bonchev–Trinajstić information content (AvgIpc) is 2.47. The average molecular weight is 279 g/mol. The molecule has 0 unspecified atom stereocenters. The minimum Gasteiger partial charge on any atom is -0.493 e. The Morgan fingerprint density at radius 1 is 1.14 bits per heavy atom. The molecule has 2 heterocycles. The maximum absolute atomic E-state index is 12.2. The third kappa shape index (κ3) is 2.53. The topological polar surface area (TPSA) is 78.9 Å². The van der Waals surface area contributed by atoms with Crippen molar-refractivity contribution < 1.29 is 5.11 Å². The number of hydrogen-bond donors (Lipinski definition) is 2. The van der Waals surface area contributed by atoms with Crippen molar-refractivity contribution in [1.82, 2.24) is 15.0 Å². The number of pyridine rings is 1. The number of hydrogen-bond acceptors (Lipinski definition) is 4. The molecule has 3 rings (SSSR count).